The van der Waals surface area contributed by atoms with Gasteiger partial charge < -0.3 is 5.32 Å². The lowest BCUT2D eigenvalue weighted by atomic mass is 10.2. The first-order valence-electron chi connectivity index (χ1n) is 5.25. The number of benzene rings is 1. The van der Waals surface area contributed by atoms with Gasteiger partial charge in [-0.1, -0.05) is 18.2 Å². The van der Waals surface area contributed by atoms with Crippen molar-refractivity contribution in [3.8, 4) is 0 Å². The highest BCUT2D eigenvalue weighted by atomic mass is 15.2. The fourth-order valence-corrected chi connectivity index (χ4v) is 1.61. The standard InChI is InChI=1S/C12H13N3/c1-12(6-7-12)15-11-13-8-9-4-2-3-5-10(9)14-11/h2-5,8H,6-7H2,1H3,(H,13,14,15). The number of hydrogen-bond acceptors (Lipinski definition) is 3. The molecule has 1 aromatic carbocycles. The average molecular weight is 199 g/mol. The van der Waals surface area contributed by atoms with Gasteiger partial charge in [-0.2, -0.15) is 0 Å². The minimum absolute atomic E-state index is 0.239. The second kappa shape index (κ2) is 2.92. The molecule has 15 heavy (non-hydrogen) atoms. The first-order valence-corrected chi connectivity index (χ1v) is 5.25. The molecule has 3 heteroatoms. The highest BCUT2D eigenvalue weighted by Gasteiger charge is 2.37. The Morgan fingerprint density at radius 1 is 1.27 bits per heavy atom. The molecule has 3 rings (SSSR count). The van der Waals surface area contributed by atoms with Crippen molar-refractivity contribution in [3.05, 3.63) is 30.5 Å². The van der Waals surface area contributed by atoms with Crippen molar-refractivity contribution >= 4 is 16.9 Å². The SMILES string of the molecule is CC1(Nc2ncc3ccccc3n2)CC1. The van der Waals surface area contributed by atoms with E-state index in [1.165, 1.54) is 12.8 Å². The normalized spacial score (nSPS) is 17.7. The van der Waals surface area contributed by atoms with Crippen LogP contribution in [0.15, 0.2) is 30.5 Å². The van der Waals surface area contributed by atoms with Crippen LogP contribution in [-0.2, 0) is 0 Å². The number of para-hydroxylation sites is 1. The van der Waals surface area contributed by atoms with E-state index in [9.17, 15) is 0 Å². The van der Waals surface area contributed by atoms with Gasteiger partial charge in [-0.15, -0.1) is 0 Å². The van der Waals surface area contributed by atoms with Gasteiger partial charge in [-0.05, 0) is 25.8 Å². The van der Waals surface area contributed by atoms with E-state index < -0.39 is 0 Å². The van der Waals surface area contributed by atoms with Gasteiger partial charge in [-0.25, -0.2) is 9.97 Å². The molecule has 3 nitrogen and oxygen atoms in total. The lowest BCUT2D eigenvalue weighted by Gasteiger charge is -2.10. The van der Waals surface area contributed by atoms with Crippen LogP contribution in [0.5, 0.6) is 0 Å². The van der Waals surface area contributed by atoms with E-state index in [-0.39, 0.29) is 5.54 Å². The fraction of sp³-hybridized carbons (Fsp3) is 0.333. The van der Waals surface area contributed by atoms with Crippen LogP contribution >= 0.6 is 0 Å². The van der Waals surface area contributed by atoms with Crippen LogP contribution in [-0.4, -0.2) is 15.5 Å². The average Bonchev–Trinajstić information content (AvgIpc) is 2.96. The summed E-state index contributed by atoms with van der Waals surface area (Å²) >= 11 is 0. The molecule has 1 aromatic heterocycles. The smallest absolute Gasteiger partial charge is 0.223 e. The predicted octanol–water partition coefficient (Wildman–Crippen LogP) is 2.59. The molecule has 0 amide bonds. The van der Waals surface area contributed by atoms with Crippen LogP contribution < -0.4 is 5.32 Å². The third kappa shape index (κ3) is 1.65. The minimum atomic E-state index is 0.239. The Bertz CT molecular complexity index is 503. The van der Waals surface area contributed by atoms with Gasteiger partial charge in [0.1, 0.15) is 0 Å². The van der Waals surface area contributed by atoms with Gasteiger partial charge in [0, 0.05) is 17.1 Å². The van der Waals surface area contributed by atoms with E-state index in [2.05, 4.69) is 22.2 Å². The van der Waals surface area contributed by atoms with Crippen LogP contribution in [0.3, 0.4) is 0 Å². The first kappa shape index (κ1) is 8.65. The van der Waals surface area contributed by atoms with Crippen LogP contribution in [0.4, 0.5) is 5.95 Å². The van der Waals surface area contributed by atoms with E-state index in [4.69, 9.17) is 0 Å². The molecule has 0 unspecified atom stereocenters. The number of rotatable bonds is 2. The van der Waals surface area contributed by atoms with Gasteiger partial charge >= 0.3 is 0 Å². The molecule has 0 aliphatic heterocycles. The van der Waals surface area contributed by atoms with Crippen molar-refractivity contribution in [2.45, 2.75) is 25.3 Å². The lowest BCUT2D eigenvalue weighted by Crippen LogP contribution is -2.17. The largest absolute Gasteiger partial charge is 0.349 e. The summed E-state index contributed by atoms with van der Waals surface area (Å²) in [5, 5.41) is 4.45. The molecule has 1 N–H and O–H groups in total. The topological polar surface area (TPSA) is 37.8 Å². The van der Waals surface area contributed by atoms with Gasteiger partial charge in [0.25, 0.3) is 0 Å². The number of nitrogens with zero attached hydrogens (tertiary/aromatic N) is 2. The minimum Gasteiger partial charge on any atom is -0.349 e. The molecule has 1 saturated carbocycles. The number of anilines is 1. The molecule has 1 fully saturated rings. The van der Waals surface area contributed by atoms with Crippen molar-refractivity contribution < 1.29 is 0 Å². The molecule has 0 spiro atoms. The molecule has 0 bridgehead atoms. The number of fused-ring (bicyclic) bond motifs is 1. The summed E-state index contributed by atoms with van der Waals surface area (Å²) in [6.07, 6.45) is 4.29. The molecule has 0 radical (unpaired) electrons. The zero-order chi connectivity index (χ0) is 10.3. The van der Waals surface area contributed by atoms with E-state index >= 15 is 0 Å². The molecular formula is C12H13N3. The van der Waals surface area contributed by atoms with Crippen molar-refractivity contribution in [1.82, 2.24) is 9.97 Å². The lowest BCUT2D eigenvalue weighted by molar-refractivity contribution is 0.812. The van der Waals surface area contributed by atoms with Crippen molar-refractivity contribution in [1.29, 1.82) is 0 Å². The molecule has 76 valence electrons. The quantitative estimate of drug-likeness (QED) is 0.807. The Balaban J connectivity index is 1.99. The maximum Gasteiger partial charge on any atom is 0.223 e. The Kier molecular flexibility index (Phi) is 1.69. The van der Waals surface area contributed by atoms with Gasteiger partial charge in [0.05, 0.1) is 5.52 Å². The Morgan fingerprint density at radius 3 is 2.87 bits per heavy atom. The monoisotopic (exact) mass is 199 g/mol. The first-order chi connectivity index (χ1) is 7.25. The highest BCUT2D eigenvalue weighted by molar-refractivity contribution is 5.78. The second-order valence-electron chi connectivity index (χ2n) is 4.44. The molecule has 1 heterocycles. The summed E-state index contributed by atoms with van der Waals surface area (Å²) in [6.45, 7) is 2.20. The maximum absolute atomic E-state index is 4.48. The zero-order valence-corrected chi connectivity index (χ0v) is 8.70. The maximum atomic E-state index is 4.48. The third-order valence-corrected chi connectivity index (χ3v) is 2.90. The molecule has 0 atom stereocenters. The van der Waals surface area contributed by atoms with Crippen molar-refractivity contribution in [3.63, 3.8) is 0 Å². The second-order valence-corrected chi connectivity index (χ2v) is 4.44. The molecule has 0 saturated heterocycles. The Hall–Kier alpha value is -1.64. The summed E-state index contributed by atoms with van der Waals surface area (Å²) in [5.74, 6) is 0.744. The summed E-state index contributed by atoms with van der Waals surface area (Å²) in [7, 11) is 0. The van der Waals surface area contributed by atoms with Crippen LogP contribution in [0, 0.1) is 0 Å². The third-order valence-electron chi connectivity index (χ3n) is 2.90. The summed E-state index contributed by atoms with van der Waals surface area (Å²) < 4.78 is 0. The summed E-state index contributed by atoms with van der Waals surface area (Å²) in [4.78, 5) is 8.79. The van der Waals surface area contributed by atoms with E-state index in [1.54, 1.807) is 0 Å². The van der Waals surface area contributed by atoms with Crippen LogP contribution in [0.25, 0.3) is 10.9 Å². The van der Waals surface area contributed by atoms with E-state index in [0.717, 1.165) is 16.9 Å². The molecule has 1 aliphatic rings. The summed E-state index contributed by atoms with van der Waals surface area (Å²) in [5.41, 5.74) is 1.24. The molecule has 1 aliphatic carbocycles. The van der Waals surface area contributed by atoms with Crippen LogP contribution in [0.2, 0.25) is 0 Å². The summed E-state index contributed by atoms with van der Waals surface area (Å²) in [6, 6.07) is 8.04. The Labute approximate surface area is 88.6 Å². The van der Waals surface area contributed by atoms with Gasteiger partial charge in [0.15, 0.2) is 0 Å². The zero-order valence-electron chi connectivity index (χ0n) is 8.70. The van der Waals surface area contributed by atoms with E-state index in [1.807, 2.05) is 30.5 Å². The molecular weight excluding hydrogens is 186 g/mol. The van der Waals surface area contributed by atoms with Gasteiger partial charge in [0.2, 0.25) is 5.95 Å². The van der Waals surface area contributed by atoms with Crippen molar-refractivity contribution in [2.75, 3.05) is 5.32 Å². The number of aromatic nitrogens is 2. The molecule has 2 aromatic rings. The van der Waals surface area contributed by atoms with Crippen LogP contribution in [0.1, 0.15) is 19.8 Å². The highest BCUT2D eigenvalue weighted by Crippen LogP contribution is 2.37. The van der Waals surface area contributed by atoms with Gasteiger partial charge in [-0.3, -0.25) is 0 Å². The number of hydrogen-bond donors (Lipinski definition) is 1. The Morgan fingerprint density at radius 2 is 2.07 bits per heavy atom. The fourth-order valence-electron chi connectivity index (χ4n) is 1.61. The van der Waals surface area contributed by atoms with Crippen molar-refractivity contribution in [2.24, 2.45) is 0 Å². The number of nitrogens with one attached hydrogen (secondary N) is 1. The predicted molar refractivity (Wildman–Crippen MR) is 60.8 cm³/mol. The van der Waals surface area contributed by atoms with E-state index in [0.29, 0.717) is 0 Å².